The second-order valence-corrected chi connectivity index (χ2v) is 23.9. The van der Waals surface area contributed by atoms with E-state index in [-0.39, 0.29) is 54.3 Å². The Labute approximate surface area is 482 Å². The average Bonchev–Trinajstić information content (AvgIpc) is 3.94. The number of ketones is 1. The normalized spacial score (nSPS) is 11.9. The van der Waals surface area contributed by atoms with Crippen LogP contribution < -0.4 is 0 Å². The Morgan fingerprint density at radius 3 is 1.86 bits per heavy atom. The molecule has 0 spiro atoms. The van der Waals surface area contributed by atoms with Gasteiger partial charge in [0.05, 0.1) is 5.76 Å². The fraction of sp³-hybridized carbons (Fsp3) is 0.292. The predicted octanol–water partition coefficient (Wildman–Crippen LogP) is 20.5. The molecule has 0 amide bonds. The van der Waals surface area contributed by atoms with Crippen LogP contribution in [0.1, 0.15) is 117 Å². The van der Waals surface area contributed by atoms with Gasteiger partial charge in [0, 0.05) is 70.9 Å². The van der Waals surface area contributed by atoms with Crippen molar-refractivity contribution in [2.75, 3.05) is 0 Å². The number of allylic oxidation sites excluding steroid dienone is 2. The first-order valence-electron chi connectivity index (χ1n) is 27.6. The Bertz CT molecular complexity index is 3660. The summed E-state index contributed by atoms with van der Waals surface area (Å²) in [7, 11) is 0. The Morgan fingerprint density at radius 2 is 1.21 bits per heavy atom. The van der Waals surface area contributed by atoms with E-state index in [9.17, 15) is 9.90 Å². The largest absolute Gasteiger partial charge is 0.512 e. The standard InChI is InChI=1S/C34H32NS.C25H20N.C13H24O2.Ir/c1-33(2,3)20-21-11-13-26-23(17-21)12-14-27-28-15-16-35-30(32(28)36-31(26)27)24-18-22-9-7-8-10-25(22)29(19-24)34(4,5)6;1-18-14-19(2)16-24(15-18)25-17-23(12-13-26-25)22-10-8-21(9-11-22)20-6-4-3-5-7-20;1-5-10(6-2)12(14)9-13(15)11(7-3)8-4;/h7-17,19H,20H2,1-6H3;3-15,17H,1-2H3;9-11,14H,5-8H2,1-4H3;/q2*-1;;/b;;12-9-;. The van der Waals surface area contributed by atoms with Crippen molar-refractivity contribution < 1.29 is 30.0 Å². The molecule has 1 radical (unpaired) electrons. The fourth-order valence-electron chi connectivity index (χ4n) is 10.5. The summed E-state index contributed by atoms with van der Waals surface area (Å²) in [6.45, 7) is 26.0. The molecule has 0 aliphatic rings. The summed E-state index contributed by atoms with van der Waals surface area (Å²) in [5.74, 6) is 0.547. The minimum atomic E-state index is 0. The van der Waals surface area contributed by atoms with E-state index < -0.39 is 0 Å². The summed E-state index contributed by atoms with van der Waals surface area (Å²) in [5, 5.41) is 17.4. The van der Waals surface area contributed by atoms with Crippen LogP contribution in [0.25, 0.3) is 86.5 Å². The number of aromatic nitrogens is 2. The van der Waals surface area contributed by atoms with Gasteiger partial charge in [0.1, 0.15) is 0 Å². The van der Waals surface area contributed by atoms with Crippen molar-refractivity contribution >= 4 is 58.8 Å². The van der Waals surface area contributed by atoms with Crippen molar-refractivity contribution in [3.63, 3.8) is 0 Å². The third-order valence-corrected chi connectivity index (χ3v) is 15.9. The molecule has 7 aromatic carbocycles. The van der Waals surface area contributed by atoms with E-state index in [2.05, 4.69) is 212 Å². The zero-order chi connectivity index (χ0) is 55.0. The number of hydrogen-bond donors (Lipinski definition) is 1. The van der Waals surface area contributed by atoms with Crippen LogP contribution >= 0.6 is 11.3 Å². The summed E-state index contributed by atoms with van der Waals surface area (Å²) in [4.78, 5) is 21.2. The van der Waals surface area contributed by atoms with Gasteiger partial charge in [-0.05, 0) is 105 Å². The van der Waals surface area contributed by atoms with Crippen LogP contribution in [0.3, 0.4) is 0 Å². The van der Waals surface area contributed by atoms with Gasteiger partial charge in [-0.25, -0.2) is 0 Å². The van der Waals surface area contributed by atoms with Gasteiger partial charge in [-0.3, -0.25) is 9.78 Å². The average molecular weight is 1230 g/mol. The smallest absolute Gasteiger partial charge is 0.162 e. The molecule has 6 heteroatoms. The third-order valence-electron chi connectivity index (χ3n) is 14.6. The van der Waals surface area contributed by atoms with Crippen molar-refractivity contribution in [2.45, 2.75) is 121 Å². The van der Waals surface area contributed by atoms with Crippen molar-refractivity contribution in [1.82, 2.24) is 9.97 Å². The molecular formula is C72H76IrN2O2S-2. The number of aliphatic hydroxyl groups is 1. The monoisotopic (exact) mass is 1230 g/mol. The van der Waals surface area contributed by atoms with E-state index in [0.29, 0.717) is 0 Å². The van der Waals surface area contributed by atoms with E-state index in [1.807, 2.05) is 57.5 Å². The quantitative estimate of drug-likeness (QED) is 0.0752. The second kappa shape index (κ2) is 25.9. The van der Waals surface area contributed by atoms with Crippen molar-refractivity contribution in [3.05, 3.63) is 204 Å². The first kappa shape index (κ1) is 59.1. The molecule has 3 heterocycles. The first-order chi connectivity index (χ1) is 36.9. The fourth-order valence-corrected chi connectivity index (χ4v) is 11.8. The van der Waals surface area contributed by atoms with Crippen LogP contribution in [-0.4, -0.2) is 20.9 Å². The molecule has 3 aromatic heterocycles. The number of fused-ring (bicyclic) bond motifs is 6. The molecule has 0 unspecified atom stereocenters. The number of aryl methyl sites for hydroxylation is 2. The van der Waals surface area contributed by atoms with Gasteiger partial charge in [-0.15, -0.1) is 75.4 Å². The Hall–Kier alpha value is -6.56. The van der Waals surface area contributed by atoms with Gasteiger partial charge in [0.25, 0.3) is 0 Å². The van der Waals surface area contributed by atoms with E-state index in [1.54, 1.807) is 0 Å². The first-order valence-corrected chi connectivity index (χ1v) is 28.5. The zero-order valence-electron chi connectivity index (χ0n) is 47.8. The maximum Gasteiger partial charge on any atom is 0.162 e. The Balaban J connectivity index is 0.000000184. The number of rotatable bonds is 12. The number of pyridine rings is 2. The predicted molar refractivity (Wildman–Crippen MR) is 331 cm³/mol. The SMILES string of the molecule is CC(C)(C)Cc1ccc2c(ccc3c4ccnc(-c5[c-]c6ccccc6c(C(C)(C)C)c5)c4sc23)c1.CCC(CC)C(=O)/C=C(\O)C(CC)CC.Cc1[c-]c(-c2cc(-c3ccc(-c4ccccc4)cc3)ccn2)cc(C)c1.[Ir]. The molecule has 0 saturated carbocycles. The second-order valence-electron chi connectivity index (χ2n) is 22.9. The van der Waals surface area contributed by atoms with Crippen molar-refractivity contribution in [3.8, 4) is 44.8 Å². The zero-order valence-corrected chi connectivity index (χ0v) is 51.0. The summed E-state index contributed by atoms with van der Waals surface area (Å²) in [6, 6.07) is 59.4. The number of aliphatic hydroxyl groups excluding tert-OH is 1. The van der Waals surface area contributed by atoms with Crippen LogP contribution in [0.2, 0.25) is 0 Å². The van der Waals surface area contributed by atoms with Gasteiger partial charge in [-0.1, -0.05) is 203 Å². The minimum Gasteiger partial charge on any atom is -0.512 e. The van der Waals surface area contributed by atoms with Crippen LogP contribution in [0, 0.1) is 43.2 Å². The summed E-state index contributed by atoms with van der Waals surface area (Å²) in [6.07, 6.45) is 9.82. The molecule has 0 saturated heterocycles. The molecular weight excluding hydrogens is 1150 g/mol. The number of carbonyl (C=O) groups is 1. The maximum atomic E-state index is 11.7. The minimum absolute atomic E-state index is 0. The number of carbonyl (C=O) groups excluding carboxylic acids is 1. The van der Waals surface area contributed by atoms with E-state index in [1.165, 1.54) is 81.4 Å². The van der Waals surface area contributed by atoms with Gasteiger partial charge < -0.3 is 10.1 Å². The number of nitrogens with zero attached hydrogens (tertiary/aromatic N) is 2. The molecule has 0 aliphatic carbocycles. The summed E-state index contributed by atoms with van der Waals surface area (Å²) in [5.41, 5.74) is 14.3. The van der Waals surface area contributed by atoms with Crippen molar-refractivity contribution in [1.29, 1.82) is 0 Å². The van der Waals surface area contributed by atoms with Gasteiger partial charge in [0.15, 0.2) is 5.78 Å². The molecule has 10 aromatic rings. The molecule has 1 N–H and O–H groups in total. The Morgan fingerprint density at radius 1 is 0.590 bits per heavy atom. The Kier molecular flexibility index (Phi) is 19.7. The van der Waals surface area contributed by atoms with Crippen LogP contribution in [0.5, 0.6) is 0 Å². The van der Waals surface area contributed by atoms with Crippen molar-refractivity contribution in [2.24, 2.45) is 17.3 Å². The maximum absolute atomic E-state index is 11.7. The van der Waals surface area contributed by atoms with Gasteiger partial charge >= 0.3 is 0 Å². The third kappa shape index (κ3) is 14.2. The van der Waals surface area contributed by atoms with Crippen LogP contribution in [0.15, 0.2) is 170 Å². The molecule has 0 aliphatic heterocycles. The number of thiophene rings is 1. The van der Waals surface area contributed by atoms with Gasteiger partial charge in [-0.2, -0.15) is 0 Å². The molecule has 4 nitrogen and oxygen atoms in total. The van der Waals surface area contributed by atoms with Crippen LogP contribution in [-0.2, 0) is 36.7 Å². The molecule has 0 bridgehead atoms. The molecule has 0 atom stereocenters. The molecule has 78 heavy (non-hydrogen) atoms. The number of hydrogen-bond acceptors (Lipinski definition) is 5. The van der Waals surface area contributed by atoms with E-state index >= 15 is 0 Å². The van der Waals surface area contributed by atoms with Gasteiger partial charge in [0.2, 0.25) is 0 Å². The molecule has 403 valence electrons. The van der Waals surface area contributed by atoms with Crippen LogP contribution in [0.4, 0.5) is 0 Å². The summed E-state index contributed by atoms with van der Waals surface area (Å²) < 4.78 is 2.58. The molecule has 0 fully saturated rings. The molecule has 10 rings (SSSR count). The topological polar surface area (TPSA) is 63.1 Å². The number of benzene rings is 7. The summed E-state index contributed by atoms with van der Waals surface area (Å²) >= 11 is 1.87. The van der Waals surface area contributed by atoms with E-state index in [4.69, 9.17) is 4.98 Å². The van der Waals surface area contributed by atoms with E-state index in [0.717, 1.165) is 65.6 Å².